The highest BCUT2D eigenvalue weighted by Gasteiger charge is 2.39. The van der Waals surface area contributed by atoms with Crippen LogP contribution in [0.15, 0.2) is 5.38 Å². The molecule has 1 aromatic heterocycles. The second kappa shape index (κ2) is 8.17. The van der Waals surface area contributed by atoms with E-state index >= 15 is 0 Å². The van der Waals surface area contributed by atoms with Gasteiger partial charge in [0.1, 0.15) is 5.01 Å². The Hall–Kier alpha value is -0.360. The van der Waals surface area contributed by atoms with Gasteiger partial charge in [-0.15, -0.1) is 36.2 Å². The van der Waals surface area contributed by atoms with Crippen molar-refractivity contribution < 1.29 is 4.79 Å². The summed E-state index contributed by atoms with van der Waals surface area (Å²) in [5.41, 5.74) is 0.654. The van der Waals surface area contributed by atoms with E-state index in [1.165, 1.54) is 0 Å². The number of carbonyl (C=O) groups is 1. The van der Waals surface area contributed by atoms with E-state index in [0.717, 1.165) is 36.5 Å². The maximum Gasteiger partial charge on any atom is 0.240 e. The topological polar surface area (TPSA) is 54.0 Å². The summed E-state index contributed by atoms with van der Waals surface area (Å²) in [6.07, 6.45) is 2.84. The van der Waals surface area contributed by atoms with E-state index in [-0.39, 0.29) is 42.3 Å². The molecule has 116 valence electrons. The number of hydrogen-bond donors (Lipinski definition) is 2. The summed E-state index contributed by atoms with van der Waals surface area (Å²) in [6.45, 7) is 6.97. The SMILES string of the molecule is CCC1(C(=O)NC(C)c2nc(C)cs2)CCCN1.Cl.Cl. The second-order valence-electron chi connectivity index (χ2n) is 4.99. The molecule has 1 fully saturated rings. The number of carbonyl (C=O) groups excluding carboxylic acids is 1. The van der Waals surface area contributed by atoms with Crippen molar-refractivity contribution in [1.82, 2.24) is 15.6 Å². The Morgan fingerprint density at radius 2 is 2.30 bits per heavy atom. The highest BCUT2D eigenvalue weighted by Crippen LogP contribution is 2.25. The first kappa shape index (κ1) is 19.6. The van der Waals surface area contributed by atoms with Gasteiger partial charge in [0.15, 0.2) is 0 Å². The van der Waals surface area contributed by atoms with E-state index in [1.807, 2.05) is 19.2 Å². The smallest absolute Gasteiger partial charge is 0.240 e. The van der Waals surface area contributed by atoms with Crippen LogP contribution in [-0.4, -0.2) is 23.0 Å². The van der Waals surface area contributed by atoms with E-state index in [2.05, 4.69) is 22.5 Å². The van der Waals surface area contributed by atoms with Crippen molar-refractivity contribution in [3.63, 3.8) is 0 Å². The number of nitrogens with zero attached hydrogens (tertiary/aromatic N) is 1. The Bertz CT molecular complexity index is 433. The van der Waals surface area contributed by atoms with Crippen LogP contribution >= 0.6 is 36.2 Å². The van der Waals surface area contributed by atoms with Crippen LogP contribution in [0.5, 0.6) is 0 Å². The Kier molecular flexibility index (Phi) is 8.03. The lowest BCUT2D eigenvalue weighted by atomic mass is 9.93. The van der Waals surface area contributed by atoms with Crippen molar-refractivity contribution in [3.8, 4) is 0 Å². The van der Waals surface area contributed by atoms with Crippen molar-refractivity contribution in [2.24, 2.45) is 0 Å². The fourth-order valence-electron chi connectivity index (χ4n) is 2.43. The summed E-state index contributed by atoms with van der Waals surface area (Å²) in [5, 5.41) is 9.43. The number of halogens is 2. The van der Waals surface area contributed by atoms with Gasteiger partial charge in [-0.25, -0.2) is 4.98 Å². The molecule has 2 rings (SSSR count). The molecular weight excluding hydrogens is 317 g/mol. The zero-order valence-corrected chi connectivity index (χ0v) is 14.5. The number of rotatable bonds is 4. The Labute approximate surface area is 137 Å². The minimum absolute atomic E-state index is 0. The van der Waals surface area contributed by atoms with Crippen LogP contribution in [0.4, 0.5) is 0 Å². The number of amides is 1. The predicted octanol–water partition coefficient (Wildman–Crippen LogP) is 3.00. The third kappa shape index (κ3) is 4.07. The number of nitrogens with one attached hydrogen (secondary N) is 2. The van der Waals surface area contributed by atoms with Gasteiger partial charge in [0.2, 0.25) is 5.91 Å². The lowest BCUT2D eigenvalue weighted by Gasteiger charge is -2.28. The minimum Gasteiger partial charge on any atom is -0.346 e. The molecule has 1 aliphatic heterocycles. The van der Waals surface area contributed by atoms with Crippen molar-refractivity contribution in [3.05, 3.63) is 16.1 Å². The van der Waals surface area contributed by atoms with E-state index in [4.69, 9.17) is 0 Å². The molecule has 1 saturated heterocycles. The number of aromatic nitrogens is 1. The minimum atomic E-state index is -0.361. The van der Waals surface area contributed by atoms with Crippen LogP contribution in [-0.2, 0) is 4.79 Å². The molecule has 0 spiro atoms. The monoisotopic (exact) mass is 339 g/mol. The van der Waals surface area contributed by atoms with Crippen molar-refractivity contribution >= 4 is 42.1 Å². The Morgan fingerprint density at radius 1 is 1.60 bits per heavy atom. The summed E-state index contributed by atoms with van der Waals surface area (Å²) >= 11 is 1.60. The van der Waals surface area contributed by atoms with E-state index in [0.29, 0.717) is 0 Å². The van der Waals surface area contributed by atoms with Gasteiger partial charge in [-0.1, -0.05) is 6.92 Å². The number of hydrogen-bond acceptors (Lipinski definition) is 4. The first-order valence-corrected chi connectivity index (χ1v) is 7.43. The summed E-state index contributed by atoms with van der Waals surface area (Å²) in [7, 11) is 0. The molecule has 1 aliphatic rings. The molecule has 4 nitrogen and oxygen atoms in total. The van der Waals surface area contributed by atoms with Crippen LogP contribution in [0.2, 0.25) is 0 Å². The van der Waals surface area contributed by atoms with Crippen LogP contribution in [0.1, 0.15) is 49.9 Å². The molecule has 2 heterocycles. The summed E-state index contributed by atoms with van der Waals surface area (Å²) in [6, 6.07) is -0.0120. The van der Waals surface area contributed by atoms with Crippen LogP contribution < -0.4 is 10.6 Å². The number of aryl methyl sites for hydroxylation is 1. The largest absolute Gasteiger partial charge is 0.346 e. The maximum absolute atomic E-state index is 12.4. The summed E-state index contributed by atoms with van der Waals surface area (Å²) in [4.78, 5) is 16.8. The van der Waals surface area contributed by atoms with Gasteiger partial charge in [0, 0.05) is 11.1 Å². The van der Waals surface area contributed by atoms with Gasteiger partial charge in [0.05, 0.1) is 11.6 Å². The van der Waals surface area contributed by atoms with E-state index in [1.54, 1.807) is 11.3 Å². The molecule has 2 atom stereocenters. The highest BCUT2D eigenvalue weighted by molar-refractivity contribution is 7.09. The average molecular weight is 340 g/mol. The molecule has 0 bridgehead atoms. The molecule has 2 unspecified atom stereocenters. The van der Waals surface area contributed by atoms with E-state index < -0.39 is 0 Å². The third-order valence-electron chi connectivity index (χ3n) is 3.64. The fourth-order valence-corrected chi connectivity index (χ4v) is 3.23. The maximum atomic E-state index is 12.4. The quantitative estimate of drug-likeness (QED) is 0.886. The van der Waals surface area contributed by atoms with E-state index in [9.17, 15) is 4.79 Å². The zero-order chi connectivity index (χ0) is 13.2. The van der Waals surface area contributed by atoms with Gasteiger partial charge < -0.3 is 10.6 Å². The molecule has 1 amide bonds. The molecule has 20 heavy (non-hydrogen) atoms. The van der Waals surface area contributed by atoms with Gasteiger partial charge in [0.25, 0.3) is 0 Å². The Balaban J connectivity index is 0.00000180. The van der Waals surface area contributed by atoms with Crippen LogP contribution in [0, 0.1) is 6.92 Å². The van der Waals surface area contributed by atoms with Crippen molar-refractivity contribution in [2.45, 2.75) is 51.6 Å². The molecule has 0 saturated carbocycles. The van der Waals surface area contributed by atoms with Gasteiger partial charge in [-0.2, -0.15) is 0 Å². The first-order valence-electron chi connectivity index (χ1n) is 6.55. The molecular formula is C13H23Cl2N3OS. The molecule has 0 aromatic carbocycles. The lowest BCUT2D eigenvalue weighted by Crippen LogP contribution is -2.53. The first-order chi connectivity index (χ1) is 8.57. The highest BCUT2D eigenvalue weighted by atomic mass is 35.5. The van der Waals surface area contributed by atoms with Crippen LogP contribution in [0.25, 0.3) is 0 Å². The van der Waals surface area contributed by atoms with Gasteiger partial charge in [-0.05, 0) is 39.7 Å². The predicted molar refractivity (Wildman–Crippen MR) is 88.2 cm³/mol. The molecule has 0 radical (unpaired) electrons. The zero-order valence-electron chi connectivity index (χ0n) is 12.1. The average Bonchev–Trinajstić information content (AvgIpc) is 2.97. The summed E-state index contributed by atoms with van der Waals surface area (Å²) < 4.78 is 0. The Morgan fingerprint density at radius 3 is 2.75 bits per heavy atom. The second-order valence-corrected chi connectivity index (χ2v) is 5.88. The number of thiazole rings is 1. The van der Waals surface area contributed by atoms with Crippen molar-refractivity contribution in [2.75, 3.05) is 6.54 Å². The van der Waals surface area contributed by atoms with Gasteiger partial charge >= 0.3 is 0 Å². The molecule has 2 N–H and O–H groups in total. The lowest BCUT2D eigenvalue weighted by molar-refractivity contribution is -0.128. The molecule has 7 heteroatoms. The normalized spacial score (nSPS) is 22.6. The molecule has 0 aliphatic carbocycles. The summed E-state index contributed by atoms with van der Waals surface area (Å²) in [5.74, 6) is 0.114. The molecule has 1 aromatic rings. The van der Waals surface area contributed by atoms with Gasteiger partial charge in [-0.3, -0.25) is 4.79 Å². The van der Waals surface area contributed by atoms with Crippen molar-refractivity contribution in [1.29, 1.82) is 0 Å². The standard InChI is InChI=1S/C13H21N3OS.2ClH/c1-4-13(6-5-7-14-13)12(17)16-10(3)11-15-9(2)8-18-11;;/h8,10,14H,4-7H2,1-3H3,(H,16,17);2*1H. The fraction of sp³-hybridized carbons (Fsp3) is 0.692. The van der Waals surface area contributed by atoms with Crippen LogP contribution in [0.3, 0.4) is 0 Å². The third-order valence-corrected chi connectivity index (χ3v) is 4.78.